The largest absolute Gasteiger partial charge is 0.472 e. The summed E-state index contributed by atoms with van der Waals surface area (Å²) in [4.78, 5) is 72.8. The van der Waals surface area contributed by atoms with Gasteiger partial charge in [-0.3, -0.25) is 37.3 Å². The SMILES string of the molecule is CCCCCCCCCCCCCCCCCCCC(=O)OC[C@H](COP(=O)(O)OC[C@@H](O)COP(=O)(O)OC[C@@H](COC(=O)CCCCCCCCCCC)OC(=O)CCCCCCCCCCCC(C)C)OC(=O)CCCCCCCCCCCCCCCCCCC(C)C. The van der Waals surface area contributed by atoms with Crippen LogP contribution in [0.3, 0.4) is 0 Å². The lowest BCUT2D eigenvalue weighted by Crippen LogP contribution is -2.30. The lowest BCUT2D eigenvalue weighted by molar-refractivity contribution is -0.161. The van der Waals surface area contributed by atoms with Gasteiger partial charge in [-0.2, -0.15) is 0 Å². The quantitative estimate of drug-likeness (QED) is 0.0222. The third-order valence-electron chi connectivity index (χ3n) is 18.2. The zero-order valence-electron chi connectivity index (χ0n) is 63.4. The Morgan fingerprint density at radius 3 is 0.701 bits per heavy atom. The average molecular weight is 1420 g/mol. The summed E-state index contributed by atoms with van der Waals surface area (Å²) in [5.41, 5.74) is 0. The molecule has 0 aromatic heterocycles. The normalized spacial score (nSPS) is 14.0. The second-order valence-corrected chi connectivity index (χ2v) is 32.0. The van der Waals surface area contributed by atoms with Crippen LogP contribution in [0, 0.1) is 11.8 Å². The van der Waals surface area contributed by atoms with Crippen LogP contribution in [-0.4, -0.2) is 96.7 Å². The summed E-state index contributed by atoms with van der Waals surface area (Å²) in [6.45, 7) is 9.60. The first kappa shape index (κ1) is 95.1. The molecule has 2 unspecified atom stereocenters. The molecule has 0 radical (unpaired) electrons. The second-order valence-electron chi connectivity index (χ2n) is 29.1. The summed E-state index contributed by atoms with van der Waals surface area (Å²) in [5, 5.41) is 10.6. The highest BCUT2D eigenvalue weighted by atomic mass is 31.2. The van der Waals surface area contributed by atoms with Gasteiger partial charge in [0.2, 0.25) is 0 Å². The molecule has 0 bridgehead atoms. The summed E-state index contributed by atoms with van der Waals surface area (Å²) in [6, 6.07) is 0. The van der Waals surface area contributed by atoms with E-state index in [1.807, 2.05) is 0 Å². The predicted molar refractivity (Wildman–Crippen MR) is 395 cm³/mol. The lowest BCUT2D eigenvalue weighted by atomic mass is 10.0. The van der Waals surface area contributed by atoms with E-state index >= 15 is 0 Å². The van der Waals surface area contributed by atoms with E-state index in [4.69, 9.17) is 37.0 Å². The molecule has 0 heterocycles. The molecule has 19 heteroatoms. The number of carbonyl (C=O) groups excluding carboxylic acids is 4. The van der Waals surface area contributed by atoms with Crippen LogP contribution in [0.1, 0.15) is 408 Å². The molecule has 0 aliphatic rings. The van der Waals surface area contributed by atoms with Gasteiger partial charge in [-0.05, 0) is 37.5 Å². The van der Waals surface area contributed by atoms with Gasteiger partial charge in [0.25, 0.3) is 0 Å². The van der Waals surface area contributed by atoms with Crippen LogP contribution in [-0.2, 0) is 65.4 Å². The van der Waals surface area contributed by atoms with Crippen LogP contribution in [0.4, 0.5) is 0 Å². The monoisotopic (exact) mass is 1420 g/mol. The number of carbonyl (C=O) groups is 4. The number of unbranched alkanes of at least 4 members (excludes halogenated alkanes) is 47. The highest BCUT2D eigenvalue weighted by molar-refractivity contribution is 7.47. The van der Waals surface area contributed by atoms with Crippen LogP contribution < -0.4 is 0 Å². The first-order valence-electron chi connectivity index (χ1n) is 40.5. The molecule has 0 rings (SSSR count). The van der Waals surface area contributed by atoms with Crippen LogP contribution in [0.2, 0.25) is 0 Å². The molecule has 0 aromatic carbocycles. The van der Waals surface area contributed by atoms with E-state index in [9.17, 15) is 43.2 Å². The maximum Gasteiger partial charge on any atom is 0.472 e. The molecule has 0 aliphatic carbocycles. The smallest absolute Gasteiger partial charge is 0.462 e. The number of aliphatic hydroxyl groups excluding tert-OH is 1. The van der Waals surface area contributed by atoms with Crippen molar-refractivity contribution in [2.24, 2.45) is 11.8 Å². The Bertz CT molecular complexity index is 1870. The van der Waals surface area contributed by atoms with Crippen molar-refractivity contribution in [2.75, 3.05) is 39.6 Å². The summed E-state index contributed by atoms with van der Waals surface area (Å²) >= 11 is 0. The van der Waals surface area contributed by atoms with Crippen molar-refractivity contribution in [1.29, 1.82) is 0 Å². The summed E-state index contributed by atoms with van der Waals surface area (Å²) in [5.74, 6) is -0.568. The minimum atomic E-state index is -4.96. The third kappa shape index (κ3) is 72.2. The highest BCUT2D eigenvalue weighted by Crippen LogP contribution is 2.45. The van der Waals surface area contributed by atoms with E-state index in [1.54, 1.807) is 0 Å². The first-order valence-corrected chi connectivity index (χ1v) is 43.5. The number of hydrogen-bond donors (Lipinski definition) is 3. The van der Waals surface area contributed by atoms with E-state index in [2.05, 4.69) is 41.5 Å². The van der Waals surface area contributed by atoms with Crippen LogP contribution in [0.5, 0.6) is 0 Å². The van der Waals surface area contributed by atoms with Gasteiger partial charge in [0, 0.05) is 25.7 Å². The Morgan fingerprint density at radius 1 is 0.278 bits per heavy atom. The van der Waals surface area contributed by atoms with Gasteiger partial charge >= 0.3 is 39.5 Å². The standard InChI is InChI=1S/C78H152O17P2/c1-7-9-11-13-15-17-18-19-20-21-25-28-31-37-43-49-55-61-76(81)89-67-74(94-77(82)62-56-50-44-38-32-29-26-23-22-24-27-30-35-40-46-52-58-70(3)4)69-93-97(86,87)91-65-72(79)64-90-96(84,85)92-68-73(66-88-75(80)60-54-48-42-34-16-14-12-10-8-2)95-78(83)63-57-51-45-39-33-36-41-47-53-59-71(5)6/h70-74,79H,7-69H2,1-6H3,(H,84,85)(H,86,87)/t72-,73+,74+/m0/s1. The molecule has 0 aliphatic heterocycles. The minimum absolute atomic E-state index is 0.105. The van der Waals surface area contributed by atoms with Crippen molar-refractivity contribution in [3.8, 4) is 0 Å². The fourth-order valence-electron chi connectivity index (χ4n) is 12.0. The molecular formula is C78H152O17P2. The van der Waals surface area contributed by atoms with Gasteiger partial charge < -0.3 is 33.8 Å². The Morgan fingerprint density at radius 2 is 0.474 bits per heavy atom. The Labute approximate surface area is 594 Å². The Kier molecular flexibility index (Phi) is 68.4. The van der Waals surface area contributed by atoms with Gasteiger partial charge in [0.15, 0.2) is 12.2 Å². The Hall–Kier alpha value is -1.94. The minimum Gasteiger partial charge on any atom is -0.462 e. The zero-order chi connectivity index (χ0) is 71.4. The van der Waals surface area contributed by atoms with Crippen molar-refractivity contribution in [1.82, 2.24) is 0 Å². The molecule has 0 saturated heterocycles. The van der Waals surface area contributed by atoms with Crippen LogP contribution in [0.25, 0.3) is 0 Å². The molecule has 3 N–H and O–H groups in total. The summed E-state index contributed by atoms with van der Waals surface area (Å²) in [6.07, 6.45) is 58.3. The van der Waals surface area contributed by atoms with Crippen molar-refractivity contribution < 1.29 is 80.2 Å². The summed E-state index contributed by atoms with van der Waals surface area (Å²) in [7, 11) is -9.91. The number of hydrogen-bond acceptors (Lipinski definition) is 15. The molecule has 17 nitrogen and oxygen atoms in total. The number of phosphoric acid groups is 2. The van der Waals surface area contributed by atoms with E-state index < -0.39 is 97.5 Å². The first-order chi connectivity index (χ1) is 46.9. The average Bonchev–Trinajstić information content (AvgIpc) is 1.66. The van der Waals surface area contributed by atoms with Gasteiger partial charge in [0.1, 0.15) is 19.3 Å². The molecule has 0 saturated carbocycles. The molecule has 576 valence electrons. The van der Waals surface area contributed by atoms with E-state index in [0.29, 0.717) is 25.7 Å². The maximum atomic E-state index is 13.1. The fourth-order valence-corrected chi connectivity index (χ4v) is 13.6. The molecule has 0 aromatic rings. The maximum absolute atomic E-state index is 13.1. The van der Waals surface area contributed by atoms with Crippen molar-refractivity contribution in [2.45, 2.75) is 426 Å². The lowest BCUT2D eigenvalue weighted by Gasteiger charge is -2.21. The van der Waals surface area contributed by atoms with Crippen LogP contribution >= 0.6 is 15.6 Å². The van der Waals surface area contributed by atoms with Gasteiger partial charge in [-0.25, -0.2) is 9.13 Å². The van der Waals surface area contributed by atoms with E-state index in [0.717, 1.165) is 102 Å². The van der Waals surface area contributed by atoms with Crippen LogP contribution in [0.15, 0.2) is 0 Å². The number of ether oxygens (including phenoxy) is 4. The van der Waals surface area contributed by atoms with Crippen molar-refractivity contribution >= 4 is 39.5 Å². The van der Waals surface area contributed by atoms with E-state index in [-0.39, 0.29) is 25.7 Å². The number of esters is 4. The zero-order valence-corrected chi connectivity index (χ0v) is 65.2. The second kappa shape index (κ2) is 69.8. The topological polar surface area (TPSA) is 237 Å². The van der Waals surface area contributed by atoms with Crippen molar-refractivity contribution in [3.05, 3.63) is 0 Å². The van der Waals surface area contributed by atoms with Crippen molar-refractivity contribution in [3.63, 3.8) is 0 Å². The summed E-state index contributed by atoms with van der Waals surface area (Å²) < 4.78 is 68.6. The Balaban J connectivity index is 5.22. The third-order valence-corrected chi connectivity index (χ3v) is 20.1. The highest BCUT2D eigenvalue weighted by Gasteiger charge is 2.30. The van der Waals surface area contributed by atoms with E-state index in [1.165, 1.54) is 225 Å². The fraction of sp³-hybridized carbons (Fsp3) is 0.949. The molecule has 0 fully saturated rings. The molecule has 97 heavy (non-hydrogen) atoms. The molecule has 5 atom stereocenters. The molecular weight excluding hydrogens is 1270 g/mol. The van der Waals surface area contributed by atoms with Gasteiger partial charge in [-0.15, -0.1) is 0 Å². The molecule has 0 amide bonds. The number of aliphatic hydroxyl groups is 1. The number of rotatable bonds is 77. The van der Waals surface area contributed by atoms with Gasteiger partial charge in [0.05, 0.1) is 26.4 Å². The van der Waals surface area contributed by atoms with Gasteiger partial charge in [-0.1, -0.05) is 356 Å². The number of phosphoric ester groups is 2. The predicted octanol–water partition coefficient (Wildman–Crippen LogP) is 23.1. The molecule has 0 spiro atoms.